The summed E-state index contributed by atoms with van der Waals surface area (Å²) in [4.78, 5) is 23.9. The molecular formula is C12H13NO4. The Kier molecular flexibility index (Phi) is 2.75. The van der Waals surface area contributed by atoms with Gasteiger partial charge in [0.2, 0.25) is 5.91 Å². The summed E-state index contributed by atoms with van der Waals surface area (Å²) in [5, 5.41) is 18.3. The van der Waals surface area contributed by atoms with Crippen LogP contribution in [0.1, 0.15) is 12.0 Å². The lowest BCUT2D eigenvalue weighted by Gasteiger charge is -2.17. The number of aryl methyl sites for hydroxylation is 1. The number of hydrogen-bond acceptors (Lipinski definition) is 3. The molecule has 0 aromatic heterocycles. The molecule has 90 valence electrons. The van der Waals surface area contributed by atoms with Gasteiger partial charge in [0.1, 0.15) is 5.75 Å². The molecule has 0 radical (unpaired) electrons. The largest absolute Gasteiger partial charge is 0.508 e. The van der Waals surface area contributed by atoms with Gasteiger partial charge < -0.3 is 15.1 Å². The molecule has 1 fully saturated rings. The molecule has 17 heavy (non-hydrogen) atoms. The zero-order valence-corrected chi connectivity index (χ0v) is 9.38. The van der Waals surface area contributed by atoms with Crippen LogP contribution in [0.4, 0.5) is 5.69 Å². The van der Waals surface area contributed by atoms with Crippen molar-refractivity contribution in [1.82, 2.24) is 0 Å². The number of carboxylic acid groups (broad SMARTS) is 1. The molecule has 5 heteroatoms. The minimum Gasteiger partial charge on any atom is -0.508 e. The summed E-state index contributed by atoms with van der Waals surface area (Å²) >= 11 is 0. The molecule has 0 saturated carbocycles. The lowest BCUT2D eigenvalue weighted by molar-refractivity contribution is -0.141. The molecule has 1 aliphatic rings. The maximum absolute atomic E-state index is 11.7. The Hall–Kier alpha value is -2.04. The number of anilines is 1. The normalized spacial score (nSPS) is 19.7. The van der Waals surface area contributed by atoms with Crippen molar-refractivity contribution in [2.45, 2.75) is 13.3 Å². The van der Waals surface area contributed by atoms with Gasteiger partial charge in [-0.3, -0.25) is 9.59 Å². The van der Waals surface area contributed by atoms with Crippen molar-refractivity contribution in [3.63, 3.8) is 0 Å². The number of carbonyl (C=O) groups excluding carboxylic acids is 1. The van der Waals surface area contributed by atoms with Crippen molar-refractivity contribution in [3.8, 4) is 5.75 Å². The van der Waals surface area contributed by atoms with Crippen molar-refractivity contribution in [2.75, 3.05) is 11.4 Å². The van der Waals surface area contributed by atoms with E-state index in [9.17, 15) is 14.7 Å². The van der Waals surface area contributed by atoms with E-state index in [1.54, 1.807) is 19.1 Å². The van der Waals surface area contributed by atoms with Gasteiger partial charge in [0, 0.05) is 24.7 Å². The first kappa shape index (κ1) is 11.4. The Balaban J connectivity index is 2.28. The first-order valence-corrected chi connectivity index (χ1v) is 5.31. The van der Waals surface area contributed by atoms with E-state index in [1.807, 2.05) is 0 Å². The Bertz CT molecular complexity index is 463. The van der Waals surface area contributed by atoms with Gasteiger partial charge in [-0.2, -0.15) is 0 Å². The Morgan fingerprint density at radius 2 is 2.12 bits per heavy atom. The fourth-order valence-corrected chi connectivity index (χ4v) is 2.02. The number of phenols is 1. The fraction of sp³-hybridized carbons (Fsp3) is 0.333. The second-order valence-electron chi connectivity index (χ2n) is 4.27. The lowest BCUT2D eigenvalue weighted by atomic mass is 10.1. The lowest BCUT2D eigenvalue weighted by Crippen LogP contribution is -2.25. The minimum absolute atomic E-state index is 0.0179. The molecule has 1 saturated heterocycles. The minimum atomic E-state index is -0.960. The van der Waals surface area contributed by atoms with Gasteiger partial charge in [0.05, 0.1) is 5.92 Å². The van der Waals surface area contributed by atoms with Crippen LogP contribution in [-0.2, 0) is 9.59 Å². The monoisotopic (exact) mass is 235 g/mol. The molecule has 1 aliphatic heterocycles. The van der Waals surface area contributed by atoms with Gasteiger partial charge in [-0.1, -0.05) is 0 Å². The maximum Gasteiger partial charge on any atom is 0.308 e. The highest BCUT2D eigenvalue weighted by molar-refractivity contribution is 5.99. The van der Waals surface area contributed by atoms with Crippen LogP contribution in [0.5, 0.6) is 5.75 Å². The van der Waals surface area contributed by atoms with Crippen molar-refractivity contribution < 1.29 is 19.8 Å². The van der Waals surface area contributed by atoms with Crippen LogP contribution in [0.2, 0.25) is 0 Å². The van der Waals surface area contributed by atoms with E-state index in [0.717, 1.165) is 5.56 Å². The van der Waals surface area contributed by atoms with Crippen LogP contribution in [0.25, 0.3) is 0 Å². The van der Waals surface area contributed by atoms with Crippen LogP contribution < -0.4 is 4.90 Å². The van der Waals surface area contributed by atoms with Crippen LogP contribution in [0, 0.1) is 12.8 Å². The van der Waals surface area contributed by atoms with Gasteiger partial charge in [-0.05, 0) is 24.6 Å². The number of carboxylic acids is 1. The summed E-state index contributed by atoms with van der Waals surface area (Å²) in [6.45, 7) is 1.97. The molecule has 2 rings (SSSR count). The number of amides is 1. The highest BCUT2D eigenvalue weighted by atomic mass is 16.4. The van der Waals surface area contributed by atoms with Crippen molar-refractivity contribution >= 4 is 17.6 Å². The summed E-state index contributed by atoms with van der Waals surface area (Å²) in [6, 6.07) is 4.80. The number of aromatic hydroxyl groups is 1. The zero-order valence-electron chi connectivity index (χ0n) is 9.38. The van der Waals surface area contributed by atoms with Gasteiger partial charge in [0.15, 0.2) is 0 Å². The van der Waals surface area contributed by atoms with E-state index >= 15 is 0 Å². The molecule has 0 bridgehead atoms. The number of benzene rings is 1. The van der Waals surface area contributed by atoms with Crippen LogP contribution in [-0.4, -0.2) is 28.6 Å². The van der Waals surface area contributed by atoms with Crippen molar-refractivity contribution in [1.29, 1.82) is 0 Å². The molecule has 0 spiro atoms. The quantitative estimate of drug-likeness (QED) is 0.805. The molecule has 1 aromatic carbocycles. The van der Waals surface area contributed by atoms with E-state index in [2.05, 4.69) is 0 Å². The first-order valence-electron chi connectivity index (χ1n) is 5.31. The second-order valence-corrected chi connectivity index (χ2v) is 4.27. The van der Waals surface area contributed by atoms with Gasteiger partial charge in [0.25, 0.3) is 0 Å². The molecule has 5 nitrogen and oxygen atoms in total. The number of nitrogens with zero attached hydrogens (tertiary/aromatic N) is 1. The third-order valence-corrected chi connectivity index (χ3v) is 2.83. The van der Waals surface area contributed by atoms with Crippen LogP contribution in [0.3, 0.4) is 0 Å². The third-order valence-electron chi connectivity index (χ3n) is 2.83. The van der Waals surface area contributed by atoms with E-state index in [0.29, 0.717) is 5.69 Å². The molecular weight excluding hydrogens is 222 g/mol. The van der Waals surface area contributed by atoms with Gasteiger partial charge in [-0.25, -0.2) is 0 Å². The highest BCUT2D eigenvalue weighted by Gasteiger charge is 2.35. The Morgan fingerprint density at radius 1 is 1.41 bits per heavy atom. The average Bonchev–Trinajstić information content (AvgIpc) is 2.59. The molecule has 0 aliphatic carbocycles. The summed E-state index contributed by atoms with van der Waals surface area (Å²) in [7, 11) is 0. The second kappa shape index (κ2) is 4.08. The van der Waals surface area contributed by atoms with E-state index in [1.165, 1.54) is 11.0 Å². The zero-order chi connectivity index (χ0) is 12.6. The number of hydrogen-bond donors (Lipinski definition) is 2. The fourth-order valence-electron chi connectivity index (χ4n) is 2.02. The topological polar surface area (TPSA) is 77.8 Å². The van der Waals surface area contributed by atoms with Crippen molar-refractivity contribution in [2.24, 2.45) is 5.92 Å². The highest BCUT2D eigenvalue weighted by Crippen LogP contribution is 2.28. The van der Waals surface area contributed by atoms with Crippen LogP contribution >= 0.6 is 0 Å². The van der Waals surface area contributed by atoms with E-state index < -0.39 is 11.9 Å². The Labute approximate surface area is 98.3 Å². The van der Waals surface area contributed by atoms with Gasteiger partial charge >= 0.3 is 5.97 Å². The first-order chi connectivity index (χ1) is 7.97. The predicted molar refractivity (Wildman–Crippen MR) is 60.9 cm³/mol. The number of aliphatic carboxylic acids is 1. The van der Waals surface area contributed by atoms with Crippen LogP contribution in [0.15, 0.2) is 18.2 Å². The SMILES string of the molecule is Cc1cc(O)cc(N2CC(C(=O)O)CC2=O)c1. The van der Waals surface area contributed by atoms with Gasteiger partial charge in [-0.15, -0.1) is 0 Å². The number of rotatable bonds is 2. The molecule has 1 atom stereocenters. The summed E-state index contributed by atoms with van der Waals surface area (Å²) < 4.78 is 0. The molecule has 2 N–H and O–H groups in total. The number of carbonyl (C=O) groups is 2. The van der Waals surface area contributed by atoms with Crippen molar-refractivity contribution in [3.05, 3.63) is 23.8 Å². The summed E-state index contributed by atoms with van der Waals surface area (Å²) in [6.07, 6.45) is 0.0179. The summed E-state index contributed by atoms with van der Waals surface area (Å²) in [5.74, 6) is -1.77. The standard InChI is InChI=1S/C12H13NO4/c1-7-2-9(5-10(14)3-7)13-6-8(12(16)17)4-11(13)15/h2-3,5,8,14H,4,6H2,1H3,(H,16,17). The smallest absolute Gasteiger partial charge is 0.308 e. The van der Waals surface area contributed by atoms with E-state index in [4.69, 9.17) is 5.11 Å². The predicted octanol–water partition coefficient (Wildman–Crippen LogP) is 1.14. The molecule has 1 aromatic rings. The maximum atomic E-state index is 11.7. The number of phenolic OH excluding ortho intramolecular Hbond substituents is 1. The average molecular weight is 235 g/mol. The summed E-state index contributed by atoms with van der Waals surface area (Å²) in [5.41, 5.74) is 1.38. The van der Waals surface area contributed by atoms with E-state index in [-0.39, 0.29) is 24.6 Å². The molecule has 1 heterocycles. The molecule has 1 amide bonds. The molecule has 1 unspecified atom stereocenters. The third kappa shape index (κ3) is 2.22. The Morgan fingerprint density at radius 3 is 2.65 bits per heavy atom.